The minimum Gasteiger partial charge on any atom is -0.497 e. The Kier molecular flexibility index (Phi) is 7.19. The molecule has 0 unspecified atom stereocenters. The van der Waals surface area contributed by atoms with Crippen molar-refractivity contribution in [3.05, 3.63) is 107 Å². The molecule has 0 bridgehead atoms. The zero-order valence-electron chi connectivity index (χ0n) is 19.9. The van der Waals surface area contributed by atoms with Gasteiger partial charge in [0.1, 0.15) is 11.5 Å². The van der Waals surface area contributed by atoms with Crippen molar-refractivity contribution in [2.75, 3.05) is 14.2 Å². The maximum atomic E-state index is 5.25. The molecule has 4 nitrogen and oxygen atoms in total. The molecule has 0 heterocycles. The Labute approximate surface area is 201 Å². The van der Waals surface area contributed by atoms with Crippen LogP contribution in [0.3, 0.4) is 0 Å². The van der Waals surface area contributed by atoms with Gasteiger partial charge in [-0.15, -0.1) is 0 Å². The first kappa shape index (κ1) is 23.0. The number of aryl methyl sites for hydroxylation is 2. The van der Waals surface area contributed by atoms with Crippen molar-refractivity contribution < 1.29 is 9.47 Å². The van der Waals surface area contributed by atoms with Crippen LogP contribution in [0.4, 0.5) is 11.4 Å². The molecule has 0 aromatic heterocycles. The topological polar surface area (TPSA) is 43.2 Å². The van der Waals surface area contributed by atoms with Crippen LogP contribution >= 0.6 is 0 Å². The van der Waals surface area contributed by atoms with Crippen molar-refractivity contribution in [2.24, 2.45) is 9.98 Å². The summed E-state index contributed by atoms with van der Waals surface area (Å²) in [5.41, 5.74) is 8.25. The SMILES string of the molecule is COc1ccc(C=Nc2ccc(C)cc2-c2cc(C)ccc2N=Cc2ccc(OC)cc2)cc1. The Hall–Kier alpha value is -4.18. The lowest BCUT2D eigenvalue weighted by Crippen LogP contribution is -1.88. The molecule has 4 heteroatoms. The molecular weight excluding hydrogens is 420 g/mol. The molecule has 0 N–H and O–H groups in total. The number of rotatable bonds is 7. The molecule has 4 aromatic rings. The number of hydrogen-bond acceptors (Lipinski definition) is 4. The van der Waals surface area contributed by atoms with E-state index in [0.717, 1.165) is 45.1 Å². The first-order chi connectivity index (χ1) is 16.6. The van der Waals surface area contributed by atoms with Crippen molar-refractivity contribution in [1.82, 2.24) is 0 Å². The Bertz CT molecular complexity index is 1220. The van der Waals surface area contributed by atoms with Gasteiger partial charge in [0.25, 0.3) is 0 Å². The Morgan fingerprint density at radius 2 is 0.912 bits per heavy atom. The summed E-state index contributed by atoms with van der Waals surface area (Å²) in [5, 5.41) is 0. The maximum Gasteiger partial charge on any atom is 0.118 e. The molecule has 0 fully saturated rings. The molecule has 0 aliphatic heterocycles. The van der Waals surface area contributed by atoms with Gasteiger partial charge >= 0.3 is 0 Å². The summed E-state index contributed by atoms with van der Waals surface area (Å²) >= 11 is 0. The van der Waals surface area contributed by atoms with E-state index in [1.165, 1.54) is 11.1 Å². The molecule has 170 valence electrons. The first-order valence-corrected chi connectivity index (χ1v) is 11.1. The minimum atomic E-state index is 0.826. The van der Waals surface area contributed by atoms with E-state index in [1.54, 1.807) is 14.2 Å². The third kappa shape index (κ3) is 5.59. The van der Waals surface area contributed by atoms with E-state index in [9.17, 15) is 0 Å². The standard InChI is InChI=1S/C30H28N2O2/c1-21-5-15-29(31-19-23-7-11-25(33-3)12-8-23)27(17-21)28-18-22(2)6-16-30(28)32-20-24-9-13-26(34-4)14-10-24/h5-20H,1-4H3. The Morgan fingerprint density at radius 1 is 0.529 bits per heavy atom. The van der Waals surface area contributed by atoms with Crippen LogP contribution in [0, 0.1) is 13.8 Å². The molecule has 4 rings (SSSR count). The van der Waals surface area contributed by atoms with E-state index in [1.807, 2.05) is 61.0 Å². The van der Waals surface area contributed by atoms with Gasteiger partial charge in [0.2, 0.25) is 0 Å². The zero-order chi connectivity index (χ0) is 23.9. The summed E-state index contributed by atoms with van der Waals surface area (Å²) in [6, 6.07) is 28.3. The van der Waals surface area contributed by atoms with Crippen molar-refractivity contribution in [1.29, 1.82) is 0 Å². The number of methoxy groups -OCH3 is 2. The maximum absolute atomic E-state index is 5.25. The number of aliphatic imine (C=N–C) groups is 2. The van der Waals surface area contributed by atoms with Gasteiger partial charge in [-0.25, -0.2) is 0 Å². The summed E-state index contributed by atoms with van der Waals surface area (Å²) in [6.07, 6.45) is 3.76. The summed E-state index contributed by atoms with van der Waals surface area (Å²) in [5.74, 6) is 1.65. The minimum absolute atomic E-state index is 0.826. The van der Waals surface area contributed by atoms with Gasteiger partial charge in [0.15, 0.2) is 0 Å². The smallest absolute Gasteiger partial charge is 0.118 e. The van der Waals surface area contributed by atoms with Crippen LogP contribution in [0.2, 0.25) is 0 Å². The van der Waals surface area contributed by atoms with Gasteiger partial charge in [-0.3, -0.25) is 9.98 Å². The normalized spacial score (nSPS) is 11.3. The van der Waals surface area contributed by atoms with Gasteiger partial charge in [-0.05, 0) is 97.8 Å². The molecule has 0 aliphatic rings. The first-order valence-electron chi connectivity index (χ1n) is 11.1. The summed E-state index contributed by atoms with van der Waals surface area (Å²) < 4.78 is 10.5. The van der Waals surface area contributed by atoms with Crippen LogP contribution in [-0.2, 0) is 0 Å². The lowest BCUT2D eigenvalue weighted by Gasteiger charge is -2.12. The molecule has 4 aromatic carbocycles. The van der Waals surface area contributed by atoms with E-state index < -0.39 is 0 Å². The average Bonchev–Trinajstić information content (AvgIpc) is 2.87. The van der Waals surface area contributed by atoms with Gasteiger partial charge in [0, 0.05) is 23.6 Å². The third-order valence-corrected chi connectivity index (χ3v) is 5.53. The fourth-order valence-electron chi connectivity index (χ4n) is 3.62. The molecule has 34 heavy (non-hydrogen) atoms. The predicted octanol–water partition coefficient (Wildman–Crippen LogP) is 7.49. The van der Waals surface area contributed by atoms with Crippen LogP contribution in [0.5, 0.6) is 11.5 Å². The molecule has 0 saturated heterocycles. The predicted molar refractivity (Wildman–Crippen MR) is 142 cm³/mol. The van der Waals surface area contributed by atoms with Crippen LogP contribution in [-0.4, -0.2) is 26.6 Å². The van der Waals surface area contributed by atoms with Gasteiger partial charge < -0.3 is 9.47 Å². The fourth-order valence-corrected chi connectivity index (χ4v) is 3.62. The molecule has 0 saturated carbocycles. The molecule has 0 radical (unpaired) electrons. The Morgan fingerprint density at radius 3 is 1.26 bits per heavy atom. The molecule has 0 aliphatic carbocycles. The monoisotopic (exact) mass is 448 g/mol. The Balaban J connectivity index is 1.72. The highest BCUT2D eigenvalue weighted by atomic mass is 16.5. The second kappa shape index (κ2) is 10.6. The van der Waals surface area contributed by atoms with Gasteiger partial charge in [-0.2, -0.15) is 0 Å². The van der Waals surface area contributed by atoms with Crippen molar-refractivity contribution >= 4 is 23.8 Å². The largest absolute Gasteiger partial charge is 0.497 e. The number of benzene rings is 4. The van der Waals surface area contributed by atoms with Gasteiger partial charge in [0.05, 0.1) is 25.6 Å². The summed E-state index contributed by atoms with van der Waals surface area (Å²) in [7, 11) is 3.33. The highest BCUT2D eigenvalue weighted by molar-refractivity contribution is 5.91. The van der Waals surface area contributed by atoms with Crippen molar-refractivity contribution in [3.8, 4) is 22.6 Å². The lowest BCUT2D eigenvalue weighted by molar-refractivity contribution is 0.414. The van der Waals surface area contributed by atoms with Crippen LogP contribution in [0.25, 0.3) is 11.1 Å². The zero-order valence-corrected chi connectivity index (χ0v) is 19.9. The van der Waals surface area contributed by atoms with E-state index in [-0.39, 0.29) is 0 Å². The molecule has 0 amide bonds. The third-order valence-electron chi connectivity index (χ3n) is 5.53. The number of nitrogens with zero attached hydrogens (tertiary/aromatic N) is 2. The highest BCUT2D eigenvalue weighted by Gasteiger charge is 2.10. The lowest BCUT2D eigenvalue weighted by atomic mass is 9.98. The van der Waals surface area contributed by atoms with E-state index in [4.69, 9.17) is 19.5 Å². The molecule has 0 atom stereocenters. The van der Waals surface area contributed by atoms with Crippen LogP contribution in [0.15, 0.2) is 94.9 Å². The van der Waals surface area contributed by atoms with Crippen molar-refractivity contribution in [3.63, 3.8) is 0 Å². The van der Waals surface area contributed by atoms with E-state index in [0.29, 0.717) is 0 Å². The summed E-state index contributed by atoms with van der Waals surface area (Å²) in [6.45, 7) is 4.19. The van der Waals surface area contributed by atoms with Crippen molar-refractivity contribution in [2.45, 2.75) is 13.8 Å². The van der Waals surface area contributed by atoms with Crippen LogP contribution < -0.4 is 9.47 Å². The number of hydrogen-bond donors (Lipinski definition) is 0. The average molecular weight is 449 g/mol. The van der Waals surface area contributed by atoms with E-state index >= 15 is 0 Å². The molecular formula is C30H28N2O2. The molecule has 0 spiro atoms. The van der Waals surface area contributed by atoms with Crippen LogP contribution in [0.1, 0.15) is 22.3 Å². The fraction of sp³-hybridized carbons (Fsp3) is 0.133. The summed E-state index contributed by atoms with van der Waals surface area (Å²) in [4.78, 5) is 9.65. The number of ether oxygens (including phenoxy) is 2. The van der Waals surface area contributed by atoms with Gasteiger partial charge in [-0.1, -0.05) is 23.3 Å². The quantitative estimate of drug-likeness (QED) is 0.275. The van der Waals surface area contributed by atoms with E-state index in [2.05, 4.69) is 50.2 Å². The second-order valence-electron chi connectivity index (χ2n) is 8.10. The highest BCUT2D eigenvalue weighted by Crippen LogP contribution is 2.38. The second-order valence-corrected chi connectivity index (χ2v) is 8.10.